The van der Waals surface area contributed by atoms with Gasteiger partial charge in [0, 0.05) is 42.8 Å². The molecule has 0 saturated carbocycles. The molecule has 0 spiro atoms. The second-order valence-electron chi connectivity index (χ2n) is 4.59. The Morgan fingerprint density at radius 1 is 1.39 bits per heavy atom. The van der Waals surface area contributed by atoms with E-state index in [0.717, 1.165) is 29.2 Å². The zero-order valence-electron chi connectivity index (χ0n) is 11.4. The highest BCUT2D eigenvalue weighted by molar-refractivity contribution is 5.97. The molecule has 0 aliphatic carbocycles. The number of carbonyl (C=O) groups is 1. The number of imidazole rings is 1. The fraction of sp³-hybridized carbons (Fsp3) is 0.429. The molecule has 0 atom stereocenters. The standard InChI is InChI=1S/C14H19N3O/c1-5-14-15-6-7-17(14)9-13(18)12-8-10(2)16(4)11(12)3/h6-8H,5,9H2,1-4H3. The molecule has 0 aliphatic rings. The van der Waals surface area contributed by atoms with Gasteiger partial charge in [-0.1, -0.05) is 6.92 Å². The predicted octanol–water partition coefficient (Wildman–Crippen LogP) is 2.28. The molecule has 2 aromatic heterocycles. The van der Waals surface area contributed by atoms with E-state index in [0.29, 0.717) is 6.54 Å². The Morgan fingerprint density at radius 3 is 2.67 bits per heavy atom. The number of Topliss-reactive ketones (excluding diaryl/α,β-unsaturated/α-hetero) is 1. The van der Waals surface area contributed by atoms with Crippen LogP contribution >= 0.6 is 0 Å². The van der Waals surface area contributed by atoms with E-state index in [4.69, 9.17) is 0 Å². The lowest BCUT2D eigenvalue weighted by atomic mass is 10.1. The van der Waals surface area contributed by atoms with E-state index in [-0.39, 0.29) is 5.78 Å². The topological polar surface area (TPSA) is 39.8 Å². The summed E-state index contributed by atoms with van der Waals surface area (Å²) < 4.78 is 3.96. The zero-order chi connectivity index (χ0) is 13.3. The molecule has 0 amide bonds. The number of aryl methyl sites for hydroxylation is 2. The largest absolute Gasteiger partial charge is 0.351 e. The molecule has 2 rings (SSSR count). The average molecular weight is 245 g/mol. The summed E-state index contributed by atoms with van der Waals surface area (Å²) in [5.41, 5.74) is 2.94. The summed E-state index contributed by atoms with van der Waals surface area (Å²) in [5, 5.41) is 0. The number of carbonyl (C=O) groups excluding carboxylic acids is 1. The molecule has 0 radical (unpaired) electrons. The molecule has 0 fully saturated rings. The summed E-state index contributed by atoms with van der Waals surface area (Å²) in [6.45, 7) is 6.40. The molecular weight excluding hydrogens is 226 g/mol. The van der Waals surface area contributed by atoms with Crippen molar-refractivity contribution in [2.24, 2.45) is 7.05 Å². The maximum atomic E-state index is 12.3. The number of hydrogen-bond acceptors (Lipinski definition) is 2. The van der Waals surface area contributed by atoms with Crippen LogP contribution in [0.3, 0.4) is 0 Å². The van der Waals surface area contributed by atoms with Crippen molar-refractivity contribution in [2.75, 3.05) is 0 Å². The third kappa shape index (κ3) is 2.10. The van der Waals surface area contributed by atoms with Crippen molar-refractivity contribution in [2.45, 2.75) is 33.7 Å². The molecule has 0 saturated heterocycles. The summed E-state index contributed by atoms with van der Waals surface area (Å²) in [7, 11) is 1.98. The van der Waals surface area contributed by atoms with Crippen LogP contribution < -0.4 is 0 Å². The molecule has 18 heavy (non-hydrogen) atoms. The Bertz CT molecular complexity index is 578. The van der Waals surface area contributed by atoms with Crippen LogP contribution in [0.15, 0.2) is 18.5 Å². The smallest absolute Gasteiger partial charge is 0.184 e. The molecular formula is C14H19N3O. The van der Waals surface area contributed by atoms with E-state index in [1.54, 1.807) is 6.20 Å². The molecule has 0 N–H and O–H groups in total. The number of hydrogen-bond donors (Lipinski definition) is 0. The van der Waals surface area contributed by atoms with Crippen LogP contribution in [0, 0.1) is 13.8 Å². The lowest BCUT2D eigenvalue weighted by Gasteiger charge is -2.06. The highest BCUT2D eigenvalue weighted by atomic mass is 16.1. The summed E-state index contributed by atoms with van der Waals surface area (Å²) in [6, 6.07) is 1.96. The number of ketones is 1. The summed E-state index contributed by atoms with van der Waals surface area (Å²) >= 11 is 0. The minimum Gasteiger partial charge on any atom is -0.351 e. The SMILES string of the molecule is CCc1nccn1CC(=O)c1cc(C)n(C)c1C. The Morgan fingerprint density at radius 2 is 2.11 bits per heavy atom. The Labute approximate surface area is 107 Å². The van der Waals surface area contributed by atoms with E-state index in [9.17, 15) is 4.79 Å². The van der Waals surface area contributed by atoms with Gasteiger partial charge in [0.1, 0.15) is 5.82 Å². The molecule has 2 heterocycles. The molecule has 2 aromatic rings. The number of aromatic nitrogens is 3. The van der Waals surface area contributed by atoms with E-state index >= 15 is 0 Å². The molecule has 4 heteroatoms. The second-order valence-corrected chi connectivity index (χ2v) is 4.59. The van der Waals surface area contributed by atoms with Gasteiger partial charge in [-0.05, 0) is 19.9 Å². The highest BCUT2D eigenvalue weighted by Crippen LogP contribution is 2.15. The van der Waals surface area contributed by atoms with E-state index in [1.807, 2.05) is 49.2 Å². The molecule has 0 bridgehead atoms. The maximum absolute atomic E-state index is 12.3. The first-order valence-electron chi connectivity index (χ1n) is 6.20. The monoisotopic (exact) mass is 245 g/mol. The fourth-order valence-corrected chi connectivity index (χ4v) is 2.18. The summed E-state index contributed by atoms with van der Waals surface area (Å²) in [4.78, 5) is 16.5. The molecule has 0 aromatic carbocycles. The van der Waals surface area contributed by atoms with Gasteiger partial charge in [-0.25, -0.2) is 4.98 Å². The molecule has 0 aliphatic heterocycles. The second kappa shape index (κ2) is 4.80. The van der Waals surface area contributed by atoms with Crippen LogP contribution in [0.4, 0.5) is 0 Å². The van der Waals surface area contributed by atoms with E-state index in [2.05, 4.69) is 4.98 Å². The van der Waals surface area contributed by atoms with Gasteiger partial charge >= 0.3 is 0 Å². The molecule has 0 unspecified atom stereocenters. The van der Waals surface area contributed by atoms with Gasteiger partial charge in [-0.15, -0.1) is 0 Å². The lowest BCUT2D eigenvalue weighted by Crippen LogP contribution is -2.13. The summed E-state index contributed by atoms with van der Waals surface area (Å²) in [6.07, 6.45) is 4.45. The highest BCUT2D eigenvalue weighted by Gasteiger charge is 2.15. The Hall–Kier alpha value is -1.84. The van der Waals surface area contributed by atoms with Crippen molar-refractivity contribution in [1.82, 2.24) is 14.1 Å². The average Bonchev–Trinajstić information content (AvgIpc) is 2.89. The van der Waals surface area contributed by atoms with Crippen molar-refractivity contribution < 1.29 is 4.79 Å². The van der Waals surface area contributed by atoms with Gasteiger partial charge < -0.3 is 9.13 Å². The first-order chi connectivity index (χ1) is 8.54. The minimum absolute atomic E-state index is 0.143. The van der Waals surface area contributed by atoms with Crippen molar-refractivity contribution in [3.63, 3.8) is 0 Å². The van der Waals surface area contributed by atoms with Crippen LogP contribution in [0.5, 0.6) is 0 Å². The zero-order valence-corrected chi connectivity index (χ0v) is 11.4. The minimum atomic E-state index is 0.143. The van der Waals surface area contributed by atoms with Crippen LogP contribution in [0.2, 0.25) is 0 Å². The van der Waals surface area contributed by atoms with Crippen LogP contribution in [-0.2, 0) is 20.0 Å². The van der Waals surface area contributed by atoms with Crippen molar-refractivity contribution in [3.05, 3.63) is 41.2 Å². The normalized spacial score (nSPS) is 10.9. The van der Waals surface area contributed by atoms with Gasteiger partial charge in [-0.3, -0.25) is 4.79 Å². The van der Waals surface area contributed by atoms with Gasteiger partial charge in [-0.2, -0.15) is 0 Å². The fourth-order valence-electron chi connectivity index (χ4n) is 2.18. The quantitative estimate of drug-likeness (QED) is 0.775. The van der Waals surface area contributed by atoms with Crippen molar-refractivity contribution >= 4 is 5.78 Å². The van der Waals surface area contributed by atoms with Gasteiger partial charge in [0.05, 0.1) is 6.54 Å². The Balaban J connectivity index is 2.25. The third-order valence-electron chi connectivity index (χ3n) is 3.51. The summed E-state index contributed by atoms with van der Waals surface area (Å²) in [5.74, 6) is 1.09. The van der Waals surface area contributed by atoms with E-state index < -0.39 is 0 Å². The van der Waals surface area contributed by atoms with Gasteiger partial charge in [0.25, 0.3) is 0 Å². The van der Waals surface area contributed by atoms with Gasteiger partial charge in [0.15, 0.2) is 5.78 Å². The Kier molecular flexibility index (Phi) is 3.36. The van der Waals surface area contributed by atoms with Crippen molar-refractivity contribution in [3.8, 4) is 0 Å². The molecule has 4 nitrogen and oxygen atoms in total. The first-order valence-corrected chi connectivity index (χ1v) is 6.20. The first kappa shape index (κ1) is 12.6. The number of rotatable bonds is 4. The van der Waals surface area contributed by atoms with E-state index in [1.165, 1.54) is 0 Å². The van der Waals surface area contributed by atoms with Gasteiger partial charge in [0.2, 0.25) is 0 Å². The van der Waals surface area contributed by atoms with Crippen LogP contribution in [0.25, 0.3) is 0 Å². The molecule has 96 valence electrons. The van der Waals surface area contributed by atoms with Crippen LogP contribution in [-0.4, -0.2) is 19.9 Å². The van der Waals surface area contributed by atoms with Crippen molar-refractivity contribution in [1.29, 1.82) is 0 Å². The number of nitrogens with zero attached hydrogens (tertiary/aromatic N) is 3. The predicted molar refractivity (Wildman–Crippen MR) is 70.8 cm³/mol. The maximum Gasteiger partial charge on any atom is 0.184 e. The third-order valence-corrected chi connectivity index (χ3v) is 3.51. The lowest BCUT2D eigenvalue weighted by molar-refractivity contribution is 0.0970. The van der Waals surface area contributed by atoms with Crippen LogP contribution in [0.1, 0.15) is 34.5 Å².